The summed E-state index contributed by atoms with van der Waals surface area (Å²) >= 11 is 0. The van der Waals surface area contributed by atoms with Gasteiger partial charge in [-0.2, -0.15) is 0 Å². The second-order valence-corrected chi connectivity index (χ2v) is 7.31. The van der Waals surface area contributed by atoms with Gasteiger partial charge in [-0.3, -0.25) is 9.59 Å². The molecule has 1 saturated heterocycles. The van der Waals surface area contributed by atoms with Crippen molar-refractivity contribution in [2.75, 3.05) is 25.0 Å². The standard InChI is InChI=1S/C24H24N2O4/c27-23(26-13-11-19(12-14-26)18-6-2-1-3-7-18)17-30-21-9-4-8-20(16-21)25-24(28)22-10-5-15-29-22/h1-10,15-16,19H,11-14,17H2,(H,25,28). The van der Waals surface area contributed by atoms with E-state index in [-0.39, 0.29) is 24.2 Å². The van der Waals surface area contributed by atoms with Crippen LogP contribution in [0.3, 0.4) is 0 Å². The lowest BCUT2D eigenvalue weighted by atomic mass is 9.89. The van der Waals surface area contributed by atoms with Gasteiger partial charge in [-0.15, -0.1) is 0 Å². The van der Waals surface area contributed by atoms with Gasteiger partial charge in [-0.05, 0) is 48.6 Å². The highest BCUT2D eigenvalue weighted by atomic mass is 16.5. The first-order chi connectivity index (χ1) is 14.7. The van der Waals surface area contributed by atoms with E-state index in [4.69, 9.17) is 9.15 Å². The number of rotatable bonds is 6. The second-order valence-electron chi connectivity index (χ2n) is 7.31. The molecule has 1 N–H and O–H groups in total. The molecule has 6 nitrogen and oxygen atoms in total. The van der Waals surface area contributed by atoms with Crippen molar-refractivity contribution in [1.29, 1.82) is 0 Å². The summed E-state index contributed by atoms with van der Waals surface area (Å²) in [5.41, 5.74) is 1.92. The Labute approximate surface area is 175 Å². The molecule has 2 amide bonds. The first-order valence-electron chi connectivity index (χ1n) is 10.1. The molecule has 4 rings (SSSR count). The number of amides is 2. The minimum Gasteiger partial charge on any atom is -0.484 e. The lowest BCUT2D eigenvalue weighted by Crippen LogP contribution is -2.40. The van der Waals surface area contributed by atoms with Crippen molar-refractivity contribution < 1.29 is 18.7 Å². The fraction of sp³-hybridized carbons (Fsp3) is 0.250. The predicted molar refractivity (Wildman–Crippen MR) is 114 cm³/mol. The van der Waals surface area contributed by atoms with Gasteiger partial charge in [0.25, 0.3) is 11.8 Å². The Morgan fingerprint density at radius 1 is 1.00 bits per heavy atom. The van der Waals surface area contributed by atoms with Gasteiger partial charge in [-0.1, -0.05) is 36.4 Å². The largest absolute Gasteiger partial charge is 0.484 e. The maximum absolute atomic E-state index is 12.6. The summed E-state index contributed by atoms with van der Waals surface area (Å²) in [6.45, 7) is 1.45. The van der Waals surface area contributed by atoms with Crippen molar-refractivity contribution in [3.8, 4) is 5.75 Å². The van der Waals surface area contributed by atoms with Crippen LogP contribution in [-0.4, -0.2) is 36.4 Å². The monoisotopic (exact) mass is 404 g/mol. The summed E-state index contributed by atoms with van der Waals surface area (Å²) in [6, 6.07) is 20.7. The van der Waals surface area contributed by atoms with Crippen LogP contribution in [0.2, 0.25) is 0 Å². The van der Waals surface area contributed by atoms with Crippen LogP contribution in [0.15, 0.2) is 77.4 Å². The van der Waals surface area contributed by atoms with Crippen LogP contribution < -0.4 is 10.1 Å². The molecule has 2 heterocycles. The van der Waals surface area contributed by atoms with E-state index < -0.39 is 0 Å². The smallest absolute Gasteiger partial charge is 0.291 e. The Bertz CT molecular complexity index is 977. The molecule has 1 aromatic heterocycles. The van der Waals surface area contributed by atoms with E-state index in [2.05, 4.69) is 29.6 Å². The lowest BCUT2D eigenvalue weighted by Gasteiger charge is -2.32. The van der Waals surface area contributed by atoms with E-state index in [1.807, 2.05) is 11.0 Å². The molecule has 154 valence electrons. The van der Waals surface area contributed by atoms with Gasteiger partial charge >= 0.3 is 0 Å². The van der Waals surface area contributed by atoms with E-state index >= 15 is 0 Å². The minimum atomic E-state index is -0.338. The number of ether oxygens (including phenoxy) is 1. The van der Waals surface area contributed by atoms with Gasteiger partial charge in [-0.25, -0.2) is 0 Å². The predicted octanol–water partition coefficient (Wildman–Crippen LogP) is 4.32. The maximum Gasteiger partial charge on any atom is 0.291 e. The number of carbonyl (C=O) groups excluding carboxylic acids is 2. The third kappa shape index (κ3) is 4.89. The van der Waals surface area contributed by atoms with E-state index in [0.29, 0.717) is 17.4 Å². The SMILES string of the molecule is O=C(Nc1cccc(OCC(=O)N2CCC(c3ccccc3)CC2)c1)c1ccco1. The Morgan fingerprint density at radius 3 is 2.53 bits per heavy atom. The zero-order valence-electron chi connectivity index (χ0n) is 16.6. The molecule has 0 spiro atoms. The summed E-state index contributed by atoms with van der Waals surface area (Å²) in [6.07, 6.45) is 3.37. The molecule has 30 heavy (non-hydrogen) atoms. The minimum absolute atomic E-state index is 0.0217. The fourth-order valence-corrected chi connectivity index (χ4v) is 3.69. The third-order valence-corrected chi connectivity index (χ3v) is 5.32. The Morgan fingerprint density at radius 2 is 1.80 bits per heavy atom. The van der Waals surface area contributed by atoms with Crippen molar-refractivity contribution in [3.05, 3.63) is 84.3 Å². The number of likely N-dealkylation sites (tertiary alicyclic amines) is 1. The molecule has 3 aromatic rings. The quantitative estimate of drug-likeness (QED) is 0.664. The molecule has 1 aliphatic heterocycles. The van der Waals surface area contributed by atoms with Crippen LogP contribution in [0.25, 0.3) is 0 Å². The number of hydrogen-bond acceptors (Lipinski definition) is 4. The molecule has 2 aromatic carbocycles. The summed E-state index contributed by atoms with van der Waals surface area (Å²) < 4.78 is 10.8. The number of hydrogen-bond donors (Lipinski definition) is 1. The van der Waals surface area contributed by atoms with E-state index in [1.54, 1.807) is 36.4 Å². The molecule has 0 unspecified atom stereocenters. The lowest BCUT2D eigenvalue weighted by molar-refractivity contribution is -0.134. The second kappa shape index (κ2) is 9.31. The maximum atomic E-state index is 12.6. The number of nitrogens with one attached hydrogen (secondary N) is 1. The van der Waals surface area contributed by atoms with Crippen LogP contribution in [0, 0.1) is 0 Å². The first-order valence-corrected chi connectivity index (χ1v) is 10.1. The Kier molecular flexibility index (Phi) is 6.13. The molecule has 1 fully saturated rings. The molecule has 0 bridgehead atoms. The molecule has 0 radical (unpaired) electrons. The van der Waals surface area contributed by atoms with E-state index in [0.717, 1.165) is 25.9 Å². The van der Waals surface area contributed by atoms with Crippen LogP contribution in [0.5, 0.6) is 5.75 Å². The van der Waals surface area contributed by atoms with Crippen molar-refractivity contribution in [1.82, 2.24) is 4.90 Å². The van der Waals surface area contributed by atoms with Gasteiger partial charge in [0.2, 0.25) is 0 Å². The molecule has 6 heteroatoms. The van der Waals surface area contributed by atoms with Crippen molar-refractivity contribution in [3.63, 3.8) is 0 Å². The number of carbonyl (C=O) groups is 2. The highest BCUT2D eigenvalue weighted by Crippen LogP contribution is 2.28. The molecular weight excluding hydrogens is 380 g/mol. The Hall–Kier alpha value is -3.54. The summed E-state index contributed by atoms with van der Waals surface area (Å²) in [5.74, 6) is 0.904. The van der Waals surface area contributed by atoms with E-state index in [9.17, 15) is 9.59 Å². The van der Waals surface area contributed by atoms with Crippen molar-refractivity contribution >= 4 is 17.5 Å². The number of benzene rings is 2. The Balaban J connectivity index is 1.26. The van der Waals surface area contributed by atoms with Gasteiger partial charge in [0, 0.05) is 24.8 Å². The molecule has 0 atom stereocenters. The van der Waals surface area contributed by atoms with Crippen LogP contribution in [-0.2, 0) is 4.79 Å². The average molecular weight is 404 g/mol. The number of furan rings is 1. The highest BCUT2D eigenvalue weighted by Gasteiger charge is 2.24. The average Bonchev–Trinajstić information content (AvgIpc) is 3.34. The molecule has 0 aliphatic carbocycles. The summed E-state index contributed by atoms with van der Waals surface area (Å²) in [5, 5.41) is 2.75. The molecular formula is C24H24N2O4. The van der Waals surface area contributed by atoms with Crippen LogP contribution >= 0.6 is 0 Å². The van der Waals surface area contributed by atoms with Gasteiger partial charge in [0.05, 0.1) is 6.26 Å². The number of nitrogens with zero attached hydrogens (tertiary/aromatic N) is 1. The van der Waals surface area contributed by atoms with E-state index in [1.165, 1.54) is 11.8 Å². The highest BCUT2D eigenvalue weighted by molar-refractivity contribution is 6.02. The zero-order chi connectivity index (χ0) is 20.8. The van der Waals surface area contributed by atoms with Crippen molar-refractivity contribution in [2.45, 2.75) is 18.8 Å². The topological polar surface area (TPSA) is 71.8 Å². The van der Waals surface area contributed by atoms with Crippen LogP contribution in [0.4, 0.5) is 5.69 Å². The van der Waals surface area contributed by atoms with Gasteiger partial charge in [0.15, 0.2) is 12.4 Å². The third-order valence-electron chi connectivity index (χ3n) is 5.32. The number of piperidine rings is 1. The molecule has 1 aliphatic rings. The fourth-order valence-electron chi connectivity index (χ4n) is 3.69. The number of anilines is 1. The van der Waals surface area contributed by atoms with Crippen LogP contribution in [0.1, 0.15) is 34.9 Å². The normalized spacial score (nSPS) is 14.3. The first kappa shape index (κ1) is 19.8. The summed E-state index contributed by atoms with van der Waals surface area (Å²) in [7, 11) is 0. The van der Waals surface area contributed by atoms with Crippen molar-refractivity contribution in [2.24, 2.45) is 0 Å². The van der Waals surface area contributed by atoms with Gasteiger partial charge in [0.1, 0.15) is 5.75 Å². The molecule has 0 saturated carbocycles. The van der Waals surface area contributed by atoms with Gasteiger partial charge < -0.3 is 19.4 Å². The summed E-state index contributed by atoms with van der Waals surface area (Å²) in [4.78, 5) is 26.5. The zero-order valence-corrected chi connectivity index (χ0v) is 16.6.